The number of carbonyl (C=O) groups is 2. The van der Waals surface area contributed by atoms with Crippen LogP contribution in [0.5, 0.6) is 0 Å². The lowest BCUT2D eigenvalue weighted by Crippen LogP contribution is -2.53. The Balaban J connectivity index is 2.27. The van der Waals surface area contributed by atoms with E-state index in [1.165, 1.54) is 13.8 Å². The highest BCUT2D eigenvalue weighted by Gasteiger charge is 2.29. The second-order valence-corrected chi connectivity index (χ2v) is 4.82. The Bertz CT molecular complexity index is 285. The fourth-order valence-electron chi connectivity index (χ4n) is 1.57. The second kappa shape index (κ2) is 5.86. The summed E-state index contributed by atoms with van der Waals surface area (Å²) in [4.78, 5) is 22.3. The first kappa shape index (κ1) is 13.8. The largest absolute Gasteiger partial charge is 0.480 e. The first-order valence-electron chi connectivity index (χ1n) is 5.79. The highest BCUT2D eigenvalue weighted by molar-refractivity contribution is 5.85. The van der Waals surface area contributed by atoms with E-state index in [0.29, 0.717) is 12.5 Å². The smallest absolute Gasteiger partial charge is 0.328 e. The standard InChI is InChI=1S/C11H20N2O4/c1-11(2,9(14)15)13-10(16)12-7-8-3-5-17-6-4-8/h8H,3-7H2,1-2H3,(H,14,15)(H2,12,13,16). The molecule has 0 saturated carbocycles. The normalized spacial score (nSPS) is 17.5. The molecular weight excluding hydrogens is 224 g/mol. The van der Waals surface area contributed by atoms with Crippen molar-refractivity contribution in [3.63, 3.8) is 0 Å². The van der Waals surface area contributed by atoms with Gasteiger partial charge in [-0.15, -0.1) is 0 Å². The summed E-state index contributed by atoms with van der Waals surface area (Å²) in [6, 6.07) is -0.441. The third kappa shape index (κ3) is 4.60. The lowest BCUT2D eigenvalue weighted by molar-refractivity contribution is -0.142. The molecule has 3 N–H and O–H groups in total. The van der Waals surface area contributed by atoms with Gasteiger partial charge in [0.2, 0.25) is 0 Å². The van der Waals surface area contributed by atoms with Crippen LogP contribution in [0.25, 0.3) is 0 Å². The van der Waals surface area contributed by atoms with Crippen LogP contribution < -0.4 is 10.6 Å². The SMILES string of the molecule is CC(C)(NC(=O)NCC1CCOCC1)C(=O)O. The summed E-state index contributed by atoms with van der Waals surface area (Å²) in [5, 5.41) is 14.0. The predicted octanol–water partition coefficient (Wildman–Crippen LogP) is 0.575. The third-order valence-corrected chi connectivity index (χ3v) is 2.85. The summed E-state index contributed by atoms with van der Waals surface area (Å²) >= 11 is 0. The summed E-state index contributed by atoms with van der Waals surface area (Å²) in [6.07, 6.45) is 1.87. The number of nitrogens with one attached hydrogen (secondary N) is 2. The monoisotopic (exact) mass is 244 g/mol. The molecule has 0 spiro atoms. The first-order chi connectivity index (χ1) is 7.92. The molecule has 17 heavy (non-hydrogen) atoms. The van der Waals surface area contributed by atoms with Gasteiger partial charge in [0.1, 0.15) is 5.54 Å². The summed E-state index contributed by atoms with van der Waals surface area (Å²) in [7, 11) is 0. The maximum atomic E-state index is 11.5. The van der Waals surface area contributed by atoms with Crippen LogP contribution in [-0.2, 0) is 9.53 Å². The average Bonchev–Trinajstić information content (AvgIpc) is 2.27. The highest BCUT2D eigenvalue weighted by Crippen LogP contribution is 2.13. The quantitative estimate of drug-likeness (QED) is 0.675. The van der Waals surface area contributed by atoms with Crippen LogP contribution in [0.1, 0.15) is 26.7 Å². The van der Waals surface area contributed by atoms with Crippen LogP contribution in [0.3, 0.4) is 0 Å². The zero-order chi connectivity index (χ0) is 12.9. The highest BCUT2D eigenvalue weighted by atomic mass is 16.5. The van der Waals surface area contributed by atoms with Gasteiger partial charge in [0.05, 0.1) is 0 Å². The van der Waals surface area contributed by atoms with E-state index < -0.39 is 17.5 Å². The van der Waals surface area contributed by atoms with Gasteiger partial charge in [0.15, 0.2) is 0 Å². The molecule has 0 aromatic heterocycles. The number of rotatable bonds is 4. The number of carboxylic acid groups (broad SMARTS) is 1. The number of urea groups is 1. The minimum atomic E-state index is -1.25. The number of aliphatic carboxylic acids is 1. The Labute approximate surface area is 101 Å². The van der Waals surface area contributed by atoms with E-state index in [-0.39, 0.29) is 0 Å². The lowest BCUT2D eigenvalue weighted by Gasteiger charge is -2.24. The number of ether oxygens (including phenoxy) is 1. The molecule has 0 bridgehead atoms. The Morgan fingerprint density at radius 3 is 2.47 bits per heavy atom. The summed E-state index contributed by atoms with van der Waals surface area (Å²) < 4.78 is 5.21. The first-order valence-corrected chi connectivity index (χ1v) is 5.79. The second-order valence-electron chi connectivity index (χ2n) is 4.82. The van der Waals surface area contributed by atoms with Crippen molar-refractivity contribution in [3.05, 3.63) is 0 Å². The maximum Gasteiger partial charge on any atom is 0.328 e. The van der Waals surface area contributed by atoms with E-state index in [1.807, 2.05) is 0 Å². The molecule has 6 heteroatoms. The molecule has 98 valence electrons. The van der Waals surface area contributed by atoms with E-state index in [1.54, 1.807) is 0 Å². The Morgan fingerprint density at radius 1 is 1.35 bits per heavy atom. The molecule has 1 heterocycles. The molecule has 2 amide bonds. The molecule has 1 saturated heterocycles. The Kier molecular flexibility index (Phi) is 4.74. The molecule has 1 fully saturated rings. The molecule has 0 aromatic rings. The topological polar surface area (TPSA) is 87.7 Å². The molecule has 0 radical (unpaired) electrons. The van der Waals surface area contributed by atoms with Crippen molar-refractivity contribution in [2.75, 3.05) is 19.8 Å². The maximum absolute atomic E-state index is 11.5. The van der Waals surface area contributed by atoms with Crippen molar-refractivity contribution in [2.24, 2.45) is 5.92 Å². The molecule has 0 unspecified atom stereocenters. The van der Waals surface area contributed by atoms with Crippen LogP contribution in [0, 0.1) is 5.92 Å². The van der Waals surface area contributed by atoms with Crippen molar-refractivity contribution >= 4 is 12.0 Å². The van der Waals surface area contributed by atoms with Gasteiger partial charge in [-0.1, -0.05) is 0 Å². The fourth-order valence-corrected chi connectivity index (χ4v) is 1.57. The number of carboxylic acids is 1. The van der Waals surface area contributed by atoms with Gasteiger partial charge in [-0.05, 0) is 32.6 Å². The molecule has 1 rings (SSSR count). The molecule has 0 atom stereocenters. The predicted molar refractivity (Wildman–Crippen MR) is 61.8 cm³/mol. The van der Waals surface area contributed by atoms with E-state index >= 15 is 0 Å². The van der Waals surface area contributed by atoms with Crippen LogP contribution in [0.15, 0.2) is 0 Å². The molecule has 6 nitrogen and oxygen atoms in total. The summed E-state index contributed by atoms with van der Waals surface area (Å²) in [5.41, 5.74) is -1.25. The van der Waals surface area contributed by atoms with Crippen molar-refractivity contribution in [1.29, 1.82) is 0 Å². The molecular formula is C11H20N2O4. The zero-order valence-electron chi connectivity index (χ0n) is 10.3. The Morgan fingerprint density at radius 2 is 1.94 bits per heavy atom. The van der Waals surface area contributed by atoms with E-state index in [9.17, 15) is 9.59 Å². The number of carbonyl (C=O) groups excluding carboxylic acids is 1. The van der Waals surface area contributed by atoms with Gasteiger partial charge in [-0.3, -0.25) is 0 Å². The zero-order valence-corrected chi connectivity index (χ0v) is 10.3. The van der Waals surface area contributed by atoms with E-state index in [0.717, 1.165) is 26.1 Å². The van der Waals surface area contributed by atoms with E-state index in [4.69, 9.17) is 9.84 Å². The molecule has 1 aliphatic heterocycles. The van der Waals surface area contributed by atoms with Crippen molar-refractivity contribution in [3.8, 4) is 0 Å². The Hall–Kier alpha value is -1.30. The fraction of sp³-hybridized carbons (Fsp3) is 0.818. The van der Waals surface area contributed by atoms with Crippen molar-refractivity contribution < 1.29 is 19.4 Å². The van der Waals surface area contributed by atoms with Crippen LogP contribution in [0.2, 0.25) is 0 Å². The van der Waals surface area contributed by atoms with Gasteiger partial charge in [0.25, 0.3) is 0 Å². The average molecular weight is 244 g/mol. The van der Waals surface area contributed by atoms with Crippen LogP contribution in [-0.4, -0.2) is 42.4 Å². The molecule has 0 aromatic carbocycles. The van der Waals surface area contributed by atoms with Crippen LogP contribution in [0.4, 0.5) is 4.79 Å². The molecule has 0 aliphatic carbocycles. The third-order valence-electron chi connectivity index (χ3n) is 2.85. The van der Waals surface area contributed by atoms with Gasteiger partial charge in [0, 0.05) is 19.8 Å². The van der Waals surface area contributed by atoms with Gasteiger partial charge in [-0.2, -0.15) is 0 Å². The number of hydrogen-bond acceptors (Lipinski definition) is 3. The van der Waals surface area contributed by atoms with Crippen molar-refractivity contribution in [1.82, 2.24) is 10.6 Å². The minimum absolute atomic E-state index is 0.419. The van der Waals surface area contributed by atoms with Crippen LogP contribution >= 0.6 is 0 Å². The van der Waals surface area contributed by atoms with Gasteiger partial charge >= 0.3 is 12.0 Å². The van der Waals surface area contributed by atoms with Gasteiger partial charge in [-0.25, -0.2) is 9.59 Å². The van der Waals surface area contributed by atoms with E-state index in [2.05, 4.69) is 10.6 Å². The lowest BCUT2D eigenvalue weighted by atomic mass is 10.0. The van der Waals surface area contributed by atoms with Crippen molar-refractivity contribution in [2.45, 2.75) is 32.2 Å². The molecule has 1 aliphatic rings. The minimum Gasteiger partial charge on any atom is -0.480 e. The summed E-state index contributed by atoms with van der Waals surface area (Å²) in [6.45, 7) is 4.92. The summed E-state index contributed by atoms with van der Waals surface area (Å²) in [5.74, 6) is -0.638. The number of hydrogen-bond donors (Lipinski definition) is 3. The van der Waals surface area contributed by atoms with Gasteiger partial charge < -0.3 is 20.5 Å². The number of amides is 2.